The number of benzene rings is 2. The number of hydrogen-bond acceptors (Lipinski definition) is 3. The number of guanidine groups is 1. The quantitative estimate of drug-likeness (QED) is 0.263. The van der Waals surface area contributed by atoms with Crippen molar-refractivity contribution in [1.82, 2.24) is 10.3 Å². The van der Waals surface area contributed by atoms with E-state index in [1.165, 1.54) is 5.56 Å². The van der Waals surface area contributed by atoms with Crippen LogP contribution in [0.2, 0.25) is 0 Å². The monoisotopic (exact) mass is 502 g/mol. The largest absolute Gasteiger partial charge is 0.372 e. The number of aliphatic imine (C=N–C) groups is 1. The van der Waals surface area contributed by atoms with E-state index in [0.29, 0.717) is 32.3 Å². The molecule has 1 aromatic heterocycles. The third-order valence-corrected chi connectivity index (χ3v) is 4.32. The molecule has 0 aliphatic rings. The van der Waals surface area contributed by atoms with Crippen molar-refractivity contribution in [1.29, 1.82) is 0 Å². The summed E-state index contributed by atoms with van der Waals surface area (Å²) in [5.74, 6) is 0.441. The summed E-state index contributed by atoms with van der Waals surface area (Å²) in [5, 5.41) is 3.14. The molecule has 0 radical (unpaired) electrons. The van der Waals surface area contributed by atoms with Crippen LogP contribution in [0.3, 0.4) is 0 Å². The summed E-state index contributed by atoms with van der Waals surface area (Å²) in [6.45, 7) is 2.37. The lowest BCUT2D eigenvalue weighted by molar-refractivity contribution is 0.106. The van der Waals surface area contributed by atoms with E-state index in [0.717, 1.165) is 23.2 Å². The maximum atomic E-state index is 6.00. The van der Waals surface area contributed by atoms with Crippen molar-refractivity contribution in [3.05, 3.63) is 101 Å². The summed E-state index contributed by atoms with van der Waals surface area (Å²) in [5.41, 5.74) is 10.4. The first-order chi connectivity index (χ1) is 13.8. The van der Waals surface area contributed by atoms with Gasteiger partial charge in [0.25, 0.3) is 0 Å². The van der Waals surface area contributed by atoms with E-state index in [1.807, 2.05) is 48.5 Å². The molecule has 0 spiro atoms. The number of pyridine rings is 1. The third-order valence-electron chi connectivity index (χ3n) is 4.32. The SMILES string of the molecule is I.NC(=NCc1ccccc1COCc1ccccc1)NCCc1ccccn1. The average Bonchev–Trinajstić information content (AvgIpc) is 2.74. The Kier molecular flexibility index (Phi) is 10.2. The van der Waals surface area contributed by atoms with E-state index in [4.69, 9.17) is 10.5 Å². The number of aromatic nitrogens is 1. The van der Waals surface area contributed by atoms with Crippen LogP contribution >= 0.6 is 24.0 Å². The van der Waals surface area contributed by atoms with Gasteiger partial charge >= 0.3 is 0 Å². The third kappa shape index (κ3) is 8.21. The highest BCUT2D eigenvalue weighted by Crippen LogP contribution is 2.13. The second-order valence-electron chi connectivity index (χ2n) is 6.45. The Balaban J connectivity index is 0.00000300. The zero-order valence-electron chi connectivity index (χ0n) is 16.3. The number of rotatable bonds is 9. The molecule has 29 heavy (non-hydrogen) atoms. The Labute approximate surface area is 189 Å². The number of halogens is 1. The smallest absolute Gasteiger partial charge is 0.188 e. The molecule has 3 aromatic rings. The zero-order chi connectivity index (χ0) is 19.4. The molecule has 0 bridgehead atoms. The molecule has 152 valence electrons. The van der Waals surface area contributed by atoms with Gasteiger partial charge in [0.05, 0.1) is 19.8 Å². The standard InChI is InChI=1S/C23H26N4O.HI/c24-23(26-15-13-22-12-6-7-14-25-22)27-16-20-10-4-5-11-21(20)18-28-17-19-8-2-1-3-9-19;/h1-12,14H,13,15-18H2,(H3,24,26,27);1H. The number of nitrogens with one attached hydrogen (secondary N) is 1. The maximum absolute atomic E-state index is 6.00. The van der Waals surface area contributed by atoms with Crippen molar-refractivity contribution >= 4 is 29.9 Å². The van der Waals surface area contributed by atoms with Gasteiger partial charge in [0.15, 0.2) is 5.96 Å². The highest BCUT2D eigenvalue weighted by Gasteiger charge is 2.03. The summed E-state index contributed by atoms with van der Waals surface area (Å²) < 4.78 is 5.86. The van der Waals surface area contributed by atoms with Crippen LogP contribution in [-0.2, 0) is 30.9 Å². The van der Waals surface area contributed by atoms with Crippen LogP contribution in [0.4, 0.5) is 0 Å². The molecule has 1 heterocycles. The maximum Gasteiger partial charge on any atom is 0.188 e. The van der Waals surface area contributed by atoms with Gasteiger partial charge in [-0.05, 0) is 28.8 Å². The van der Waals surface area contributed by atoms with E-state index in [1.54, 1.807) is 6.20 Å². The summed E-state index contributed by atoms with van der Waals surface area (Å²) in [6, 6.07) is 24.2. The van der Waals surface area contributed by atoms with Gasteiger partial charge in [-0.15, -0.1) is 24.0 Å². The molecule has 0 saturated carbocycles. The van der Waals surface area contributed by atoms with E-state index < -0.39 is 0 Å². The van der Waals surface area contributed by atoms with Crippen LogP contribution in [0.5, 0.6) is 0 Å². The topological polar surface area (TPSA) is 72.5 Å². The van der Waals surface area contributed by atoms with Crippen LogP contribution in [0, 0.1) is 0 Å². The average molecular weight is 502 g/mol. The van der Waals surface area contributed by atoms with Gasteiger partial charge in [0.1, 0.15) is 0 Å². The van der Waals surface area contributed by atoms with Crippen LogP contribution in [-0.4, -0.2) is 17.5 Å². The molecule has 6 heteroatoms. The second kappa shape index (κ2) is 12.9. The van der Waals surface area contributed by atoms with E-state index >= 15 is 0 Å². The minimum Gasteiger partial charge on any atom is -0.372 e. The summed E-state index contributed by atoms with van der Waals surface area (Å²) >= 11 is 0. The summed E-state index contributed by atoms with van der Waals surface area (Å²) in [7, 11) is 0. The second-order valence-corrected chi connectivity index (χ2v) is 6.45. The Morgan fingerprint density at radius 3 is 2.38 bits per heavy atom. The molecule has 3 N–H and O–H groups in total. The van der Waals surface area contributed by atoms with Crippen LogP contribution in [0.25, 0.3) is 0 Å². The molecule has 0 atom stereocenters. The van der Waals surface area contributed by atoms with Gasteiger partial charge in [-0.3, -0.25) is 4.98 Å². The number of hydrogen-bond donors (Lipinski definition) is 2. The number of ether oxygens (including phenoxy) is 1. The Hall–Kier alpha value is -2.45. The van der Waals surface area contributed by atoms with Gasteiger partial charge in [0.2, 0.25) is 0 Å². The zero-order valence-corrected chi connectivity index (χ0v) is 18.7. The Morgan fingerprint density at radius 2 is 1.62 bits per heavy atom. The van der Waals surface area contributed by atoms with Gasteiger partial charge in [-0.25, -0.2) is 4.99 Å². The molecule has 2 aromatic carbocycles. The molecule has 0 saturated heterocycles. The minimum absolute atomic E-state index is 0. The van der Waals surface area contributed by atoms with Crippen LogP contribution < -0.4 is 11.1 Å². The van der Waals surface area contributed by atoms with Crippen LogP contribution in [0.1, 0.15) is 22.4 Å². The normalized spacial score (nSPS) is 11.0. The summed E-state index contributed by atoms with van der Waals surface area (Å²) in [6.07, 6.45) is 2.60. The lowest BCUT2D eigenvalue weighted by Crippen LogP contribution is -2.33. The Morgan fingerprint density at radius 1 is 0.897 bits per heavy atom. The molecule has 0 aliphatic heterocycles. The van der Waals surface area contributed by atoms with Crippen LogP contribution in [0.15, 0.2) is 84.0 Å². The van der Waals surface area contributed by atoms with Crippen molar-refractivity contribution in [2.45, 2.75) is 26.2 Å². The highest BCUT2D eigenvalue weighted by atomic mass is 127. The lowest BCUT2D eigenvalue weighted by atomic mass is 10.1. The predicted octanol–water partition coefficient (Wildman–Crippen LogP) is 4.06. The molecule has 0 unspecified atom stereocenters. The predicted molar refractivity (Wildman–Crippen MR) is 128 cm³/mol. The molecule has 3 rings (SSSR count). The van der Waals surface area contributed by atoms with Crippen molar-refractivity contribution in [2.75, 3.05) is 6.54 Å². The number of nitrogens with zero attached hydrogens (tertiary/aromatic N) is 2. The van der Waals surface area contributed by atoms with Gasteiger partial charge in [0, 0.05) is 24.9 Å². The molecule has 0 aliphatic carbocycles. The van der Waals surface area contributed by atoms with E-state index in [9.17, 15) is 0 Å². The van der Waals surface area contributed by atoms with Gasteiger partial charge < -0.3 is 15.8 Å². The first-order valence-electron chi connectivity index (χ1n) is 9.43. The Bertz CT molecular complexity index is 872. The first-order valence-corrected chi connectivity index (χ1v) is 9.43. The fourth-order valence-corrected chi connectivity index (χ4v) is 2.80. The molecular weight excluding hydrogens is 475 g/mol. The lowest BCUT2D eigenvalue weighted by Gasteiger charge is -2.10. The molecular formula is C23H27IN4O. The molecule has 0 amide bonds. The summed E-state index contributed by atoms with van der Waals surface area (Å²) in [4.78, 5) is 8.76. The van der Waals surface area contributed by atoms with Gasteiger partial charge in [-0.2, -0.15) is 0 Å². The van der Waals surface area contributed by atoms with E-state index in [2.05, 4.69) is 39.6 Å². The molecule has 0 fully saturated rings. The fraction of sp³-hybridized carbons (Fsp3) is 0.217. The number of nitrogens with two attached hydrogens (primary N) is 1. The fourth-order valence-electron chi connectivity index (χ4n) is 2.80. The highest BCUT2D eigenvalue weighted by molar-refractivity contribution is 14.0. The molecule has 5 nitrogen and oxygen atoms in total. The minimum atomic E-state index is 0. The first kappa shape index (κ1) is 22.8. The van der Waals surface area contributed by atoms with Crippen molar-refractivity contribution in [3.8, 4) is 0 Å². The van der Waals surface area contributed by atoms with Crippen molar-refractivity contribution in [2.24, 2.45) is 10.7 Å². The van der Waals surface area contributed by atoms with Gasteiger partial charge in [-0.1, -0.05) is 60.7 Å². The van der Waals surface area contributed by atoms with Crippen molar-refractivity contribution < 1.29 is 4.74 Å². The van der Waals surface area contributed by atoms with Crippen molar-refractivity contribution in [3.63, 3.8) is 0 Å². The van der Waals surface area contributed by atoms with E-state index in [-0.39, 0.29) is 24.0 Å².